The molecule has 5 nitrogen and oxygen atoms in total. The van der Waals surface area contributed by atoms with E-state index in [2.05, 4.69) is 23.7 Å². The summed E-state index contributed by atoms with van der Waals surface area (Å²) >= 11 is 0. The lowest BCUT2D eigenvalue weighted by atomic mass is 9.87. The van der Waals surface area contributed by atoms with E-state index in [9.17, 15) is 4.79 Å². The summed E-state index contributed by atoms with van der Waals surface area (Å²) in [5.41, 5.74) is -0.201. The monoisotopic (exact) mass is 269 g/mol. The Hall–Kier alpha value is -1.10. The van der Waals surface area contributed by atoms with Crippen molar-refractivity contribution in [3.63, 3.8) is 0 Å². The van der Waals surface area contributed by atoms with Crippen LogP contribution in [0.15, 0.2) is 4.99 Å². The summed E-state index contributed by atoms with van der Waals surface area (Å²) in [6.45, 7) is 8.56. The van der Waals surface area contributed by atoms with Gasteiger partial charge in [-0.1, -0.05) is 6.92 Å². The minimum Gasteiger partial charge on any atom is -0.483 e. The van der Waals surface area contributed by atoms with Gasteiger partial charge in [0.25, 0.3) is 0 Å². The van der Waals surface area contributed by atoms with Gasteiger partial charge in [0.2, 0.25) is 11.8 Å². The van der Waals surface area contributed by atoms with E-state index in [0.29, 0.717) is 6.54 Å². The van der Waals surface area contributed by atoms with Crippen LogP contribution in [0.4, 0.5) is 0 Å². The van der Waals surface area contributed by atoms with Crippen LogP contribution in [0.1, 0.15) is 27.2 Å². The number of aliphatic imine (C=N–C) groups is 1. The molecule has 0 saturated carbocycles. The molecule has 0 radical (unpaired) electrons. The van der Waals surface area contributed by atoms with Gasteiger partial charge in [-0.05, 0) is 20.3 Å². The SMILES string of the molecule is CCN=C(OC)C(C)(CC)N1CC(C(=O)N(C)C)C1. The number of hydrogen-bond acceptors (Lipinski definition) is 4. The Bertz CT molecular complexity index is 349. The maximum atomic E-state index is 11.9. The number of carbonyl (C=O) groups excluding carboxylic acids is 1. The second-order valence-electron chi connectivity index (χ2n) is 5.45. The van der Waals surface area contributed by atoms with Gasteiger partial charge in [-0.15, -0.1) is 0 Å². The highest BCUT2D eigenvalue weighted by atomic mass is 16.5. The van der Waals surface area contributed by atoms with Crippen LogP contribution in [-0.2, 0) is 9.53 Å². The molecular weight excluding hydrogens is 242 g/mol. The van der Waals surface area contributed by atoms with Gasteiger partial charge in [-0.2, -0.15) is 0 Å². The normalized spacial score (nSPS) is 20.6. The van der Waals surface area contributed by atoms with E-state index in [-0.39, 0.29) is 17.4 Å². The highest BCUT2D eigenvalue weighted by molar-refractivity contribution is 5.87. The van der Waals surface area contributed by atoms with Crippen molar-refractivity contribution in [3.05, 3.63) is 0 Å². The molecule has 1 saturated heterocycles. The Kier molecular flexibility index (Phi) is 5.35. The van der Waals surface area contributed by atoms with Gasteiger partial charge < -0.3 is 9.64 Å². The molecule has 0 aromatic heterocycles. The van der Waals surface area contributed by atoms with Gasteiger partial charge in [0.15, 0.2) is 0 Å². The number of likely N-dealkylation sites (tertiary alicyclic amines) is 1. The molecule has 0 aromatic rings. The fourth-order valence-electron chi connectivity index (χ4n) is 2.51. The van der Waals surface area contributed by atoms with Crippen molar-refractivity contribution in [1.82, 2.24) is 9.80 Å². The first-order valence-electron chi connectivity index (χ1n) is 6.95. The third-order valence-electron chi connectivity index (χ3n) is 4.01. The molecule has 1 amide bonds. The van der Waals surface area contributed by atoms with Crippen LogP contribution in [0.25, 0.3) is 0 Å². The first-order chi connectivity index (χ1) is 8.90. The average molecular weight is 269 g/mol. The van der Waals surface area contributed by atoms with Gasteiger partial charge in [0.05, 0.1) is 18.6 Å². The largest absolute Gasteiger partial charge is 0.483 e. The molecule has 0 aromatic carbocycles. The van der Waals surface area contributed by atoms with Crippen molar-refractivity contribution in [2.75, 3.05) is 40.8 Å². The Morgan fingerprint density at radius 1 is 1.42 bits per heavy atom. The van der Waals surface area contributed by atoms with Crippen LogP contribution < -0.4 is 0 Å². The number of ether oxygens (including phenoxy) is 1. The fourth-order valence-corrected chi connectivity index (χ4v) is 2.51. The minimum absolute atomic E-state index is 0.112. The molecule has 0 bridgehead atoms. The van der Waals surface area contributed by atoms with Crippen molar-refractivity contribution >= 4 is 11.8 Å². The van der Waals surface area contributed by atoms with Gasteiger partial charge in [-0.25, -0.2) is 0 Å². The summed E-state index contributed by atoms with van der Waals surface area (Å²) in [7, 11) is 5.29. The third-order valence-corrected chi connectivity index (χ3v) is 4.01. The summed E-state index contributed by atoms with van der Waals surface area (Å²) in [5, 5.41) is 0. The summed E-state index contributed by atoms with van der Waals surface area (Å²) in [5.74, 6) is 1.09. The maximum Gasteiger partial charge on any atom is 0.227 e. The maximum absolute atomic E-state index is 11.9. The molecule has 1 unspecified atom stereocenters. The van der Waals surface area contributed by atoms with Crippen molar-refractivity contribution in [3.8, 4) is 0 Å². The summed E-state index contributed by atoms with van der Waals surface area (Å²) in [6.07, 6.45) is 0.919. The van der Waals surface area contributed by atoms with Gasteiger partial charge in [-0.3, -0.25) is 14.7 Å². The first-order valence-corrected chi connectivity index (χ1v) is 6.95. The number of methoxy groups -OCH3 is 1. The Morgan fingerprint density at radius 3 is 2.37 bits per heavy atom. The second kappa shape index (κ2) is 6.37. The average Bonchev–Trinajstić information content (AvgIpc) is 2.33. The molecule has 5 heteroatoms. The van der Waals surface area contributed by atoms with Crippen LogP contribution >= 0.6 is 0 Å². The van der Waals surface area contributed by atoms with Crippen LogP contribution in [0.2, 0.25) is 0 Å². The third kappa shape index (κ3) is 3.08. The molecular formula is C14H27N3O2. The zero-order valence-corrected chi connectivity index (χ0v) is 13.1. The zero-order valence-electron chi connectivity index (χ0n) is 13.1. The molecule has 0 aliphatic carbocycles. The predicted molar refractivity (Wildman–Crippen MR) is 77.4 cm³/mol. The van der Waals surface area contributed by atoms with Gasteiger partial charge in [0.1, 0.15) is 0 Å². The number of hydrogen-bond donors (Lipinski definition) is 0. The van der Waals surface area contributed by atoms with Crippen LogP contribution in [0.5, 0.6) is 0 Å². The van der Waals surface area contributed by atoms with E-state index in [1.807, 2.05) is 21.0 Å². The molecule has 1 aliphatic rings. The van der Waals surface area contributed by atoms with E-state index in [1.165, 1.54) is 0 Å². The predicted octanol–water partition coefficient (Wildman–Crippen LogP) is 1.24. The van der Waals surface area contributed by atoms with Gasteiger partial charge >= 0.3 is 0 Å². The van der Waals surface area contributed by atoms with Crippen LogP contribution in [0, 0.1) is 5.92 Å². The van der Waals surface area contributed by atoms with E-state index < -0.39 is 0 Å². The van der Waals surface area contributed by atoms with Crippen molar-refractivity contribution in [1.29, 1.82) is 0 Å². The van der Waals surface area contributed by atoms with E-state index in [0.717, 1.165) is 25.4 Å². The number of rotatable bonds is 5. The summed E-state index contributed by atoms with van der Waals surface area (Å²) < 4.78 is 5.46. The topological polar surface area (TPSA) is 45.1 Å². The van der Waals surface area contributed by atoms with Crippen LogP contribution in [-0.4, -0.2) is 68.0 Å². The Balaban J connectivity index is 2.74. The molecule has 1 rings (SSSR count). The lowest BCUT2D eigenvalue weighted by Crippen LogP contribution is -2.64. The molecule has 0 N–H and O–H groups in total. The summed E-state index contributed by atoms with van der Waals surface area (Å²) in [4.78, 5) is 20.3. The minimum atomic E-state index is -0.201. The Labute approximate surface area is 116 Å². The van der Waals surface area contributed by atoms with E-state index in [4.69, 9.17) is 4.74 Å². The lowest BCUT2D eigenvalue weighted by molar-refractivity contribution is -0.140. The van der Waals surface area contributed by atoms with Crippen molar-refractivity contribution in [2.45, 2.75) is 32.7 Å². The molecule has 1 aliphatic heterocycles. The molecule has 1 atom stereocenters. The molecule has 110 valence electrons. The summed E-state index contributed by atoms with van der Waals surface area (Å²) in [6, 6.07) is 0. The quantitative estimate of drug-likeness (QED) is 0.557. The first kappa shape index (κ1) is 16.0. The highest BCUT2D eigenvalue weighted by Crippen LogP contribution is 2.31. The highest BCUT2D eigenvalue weighted by Gasteiger charge is 2.46. The number of carbonyl (C=O) groups is 1. The van der Waals surface area contributed by atoms with Crippen LogP contribution in [0.3, 0.4) is 0 Å². The Morgan fingerprint density at radius 2 is 2.00 bits per heavy atom. The lowest BCUT2D eigenvalue weighted by Gasteiger charge is -2.49. The van der Waals surface area contributed by atoms with E-state index in [1.54, 1.807) is 12.0 Å². The molecule has 0 spiro atoms. The second-order valence-corrected chi connectivity index (χ2v) is 5.45. The smallest absolute Gasteiger partial charge is 0.227 e. The molecule has 1 heterocycles. The fraction of sp³-hybridized carbons (Fsp3) is 0.857. The number of nitrogens with zero attached hydrogens (tertiary/aromatic N) is 3. The standard InChI is InChI=1S/C14H27N3O2/c1-7-14(3,13(19-6)15-8-2)17-9-11(10-17)12(18)16(4)5/h11H,7-10H2,1-6H3. The van der Waals surface area contributed by atoms with E-state index >= 15 is 0 Å². The number of amides is 1. The van der Waals surface area contributed by atoms with Crippen molar-refractivity contribution in [2.24, 2.45) is 10.9 Å². The molecule has 1 fully saturated rings. The van der Waals surface area contributed by atoms with Gasteiger partial charge in [0, 0.05) is 33.7 Å². The zero-order chi connectivity index (χ0) is 14.6. The van der Waals surface area contributed by atoms with Crippen molar-refractivity contribution < 1.29 is 9.53 Å². The molecule has 19 heavy (non-hydrogen) atoms.